The molecule has 4 nitrogen and oxygen atoms in total. The highest BCUT2D eigenvalue weighted by Gasteiger charge is 2.28. The molecule has 1 aliphatic heterocycles. The van der Waals surface area contributed by atoms with E-state index in [1.54, 1.807) is 18.9 Å². The number of likely N-dealkylation sites (tertiary alicyclic amines) is 1. The Kier molecular flexibility index (Phi) is 8.07. The lowest BCUT2D eigenvalue weighted by molar-refractivity contribution is -0.132. The molecule has 124 valence electrons. The van der Waals surface area contributed by atoms with Crippen molar-refractivity contribution in [3.05, 3.63) is 24.3 Å². The number of rotatable bonds is 5. The van der Waals surface area contributed by atoms with Crippen molar-refractivity contribution in [1.82, 2.24) is 4.90 Å². The lowest BCUT2D eigenvalue weighted by atomic mass is 9.92. The summed E-state index contributed by atoms with van der Waals surface area (Å²) in [4.78, 5) is 15.4. The number of ether oxygens (including phenoxy) is 1. The first kappa shape index (κ1) is 19.1. The van der Waals surface area contributed by atoms with E-state index in [2.05, 4.69) is 6.92 Å². The van der Waals surface area contributed by atoms with Gasteiger partial charge in [-0.05, 0) is 37.0 Å². The molecule has 1 aromatic rings. The Labute approximate surface area is 143 Å². The molecule has 1 saturated heterocycles. The van der Waals surface area contributed by atoms with Crippen LogP contribution in [0.2, 0.25) is 0 Å². The number of carbonyl (C=O) groups is 1. The van der Waals surface area contributed by atoms with Gasteiger partial charge in [0.15, 0.2) is 0 Å². The van der Waals surface area contributed by atoms with Gasteiger partial charge in [0.25, 0.3) is 0 Å². The number of piperidine rings is 1. The number of carbonyl (C=O) groups excluding carboxylic acids is 1. The maximum absolute atomic E-state index is 12.4. The molecule has 2 unspecified atom stereocenters. The van der Waals surface area contributed by atoms with Crippen molar-refractivity contribution in [1.29, 1.82) is 0 Å². The average molecular weight is 345 g/mol. The van der Waals surface area contributed by atoms with E-state index in [9.17, 15) is 4.79 Å². The van der Waals surface area contributed by atoms with Gasteiger partial charge < -0.3 is 15.4 Å². The summed E-state index contributed by atoms with van der Waals surface area (Å²) in [5, 5.41) is 0. The third-order valence-corrected chi connectivity index (χ3v) is 4.95. The van der Waals surface area contributed by atoms with Crippen LogP contribution >= 0.6 is 24.2 Å². The Hall–Kier alpha value is -0.910. The zero-order valence-electron chi connectivity index (χ0n) is 13.2. The molecule has 0 bridgehead atoms. The molecule has 2 rings (SSSR count). The van der Waals surface area contributed by atoms with E-state index in [0.717, 1.165) is 30.0 Å². The van der Waals surface area contributed by atoms with Gasteiger partial charge in [0.1, 0.15) is 5.75 Å². The summed E-state index contributed by atoms with van der Waals surface area (Å²) in [5.41, 5.74) is 5.82. The molecule has 0 radical (unpaired) electrons. The molecule has 22 heavy (non-hydrogen) atoms. The minimum Gasteiger partial charge on any atom is -0.497 e. The van der Waals surface area contributed by atoms with Crippen molar-refractivity contribution in [2.45, 2.75) is 30.7 Å². The van der Waals surface area contributed by atoms with Gasteiger partial charge in [0.05, 0.1) is 12.9 Å². The van der Waals surface area contributed by atoms with Crippen LogP contribution in [-0.4, -0.2) is 42.8 Å². The summed E-state index contributed by atoms with van der Waals surface area (Å²) < 4.78 is 5.20. The van der Waals surface area contributed by atoms with Crippen molar-refractivity contribution in [2.24, 2.45) is 11.7 Å². The largest absolute Gasteiger partial charge is 0.497 e. The molecule has 1 amide bonds. The van der Waals surface area contributed by atoms with E-state index in [-0.39, 0.29) is 24.4 Å². The summed E-state index contributed by atoms with van der Waals surface area (Å²) in [6.45, 7) is 3.62. The predicted octanol–water partition coefficient (Wildman–Crippen LogP) is 2.79. The number of amides is 1. The SMILES string of the molecule is COc1cccc(SCC(=O)N2CCC(C)CC2CN)c1.Cl. The van der Waals surface area contributed by atoms with Gasteiger partial charge in [0.2, 0.25) is 5.91 Å². The monoisotopic (exact) mass is 344 g/mol. The van der Waals surface area contributed by atoms with Crippen molar-refractivity contribution in [3.63, 3.8) is 0 Å². The van der Waals surface area contributed by atoms with Crippen LogP contribution in [0, 0.1) is 5.92 Å². The molecule has 0 aromatic heterocycles. The summed E-state index contributed by atoms with van der Waals surface area (Å²) >= 11 is 1.55. The summed E-state index contributed by atoms with van der Waals surface area (Å²) in [5.74, 6) is 2.12. The Morgan fingerprint density at radius 3 is 2.95 bits per heavy atom. The molecular weight excluding hydrogens is 320 g/mol. The van der Waals surface area contributed by atoms with Crippen LogP contribution in [0.1, 0.15) is 19.8 Å². The van der Waals surface area contributed by atoms with Gasteiger partial charge in [-0.3, -0.25) is 4.79 Å². The normalized spacial score (nSPS) is 21.1. The number of nitrogens with two attached hydrogens (primary N) is 1. The molecule has 0 saturated carbocycles. The minimum atomic E-state index is 0. The Morgan fingerprint density at radius 1 is 1.50 bits per heavy atom. The Bertz CT molecular complexity index is 487. The van der Waals surface area contributed by atoms with E-state index in [4.69, 9.17) is 10.5 Å². The molecule has 1 fully saturated rings. The molecule has 0 spiro atoms. The van der Waals surface area contributed by atoms with Crippen LogP contribution in [0.3, 0.4) is 0 Å². The number of benzene rings is 1. The van der Waals surface area contributed by atoms with Gasteiger partial charge >= 0.3 is 0 Å². The number of hydrogen-bond donors (Lipinski definition) is 1. The molecular formula is C16H25ClN2O2S. The van der Waals surface area contributed by atoms with Crippen LogP contribution in [0.5, 0.6) is 5.75 Å². The van der Waals surface area contributed by atoms with Gasteiger partial charge in [-0.2, -0.15) is 0 Å². The maximum atomic E-state index is 12.4. The standard InChI is InChI=1S/C16H24N2O2S.ClH/c1-12-6-7-18(13(8-12)10-17)16(19)11-21-15-5-3-4-14(9-15)20-2;/h3-5,9,12-13H,6-8,10-11,17H2,1-2H3;1H. The van der Waals surface area contributed by atoms with E-state index >= 15 is 0 Å². The fraction of sp³-hybridized carbons (Fsp3) is 0.562. The van der Waals surface area contributed by atoms with Crippen LogP contribution in [0.25, 0.3) is 0 Å². The first-order valence-corrected chi connectivity index (χ1v) is 8.39. The molecule has 1 heterocycles. The highest BCUT2D eigenvalue weighted by molar-refractivity contribution is 8.00. The predicted molar refractivity (Wildman–Crippen MR) is 93.9 cm³/mol. The first-order valence-electron chi connectivity index (χ1n) is 7.40. The number of halogens is 1. The third-order valence-electron chi connectivity index (χ3n) is 3.97. The quantitative estimate of drug-likeness (QED) is 0.834. The van der Waals surface area contributed by atoms with E-state index in [1.807, 2.05) is 29.2 Å². The summed E-state index contributed by atoms with van der Waals surface area (Å²) in [6.07, 6.45) is 2.10. The second kappa shape index (κ2) is 9.28. The van der Waals surface area contributed by atoms with Gasteiger partial charge in [-0.15, -0.1) is 24.2 Å². The van der Waals surface area contributed by atoms with Crippen LogP contribution in [-0.2, 0) is 4.79 Å². The second-order valence-corrected chi connectivity index (χ2v) is 6.62. The van der Waals surface area contributed by atoms with E-state index in [1.165, 1.54) is 0 Å². The smallest absolute Gasteiger partial charge is 0.233 e. The topological polar surface area (TPSA) is 55.6 Å². The zero-order chi connectivity index (χ0) is 15.2. The molecule has 2 N–H and O–H groups in total. The van der Waals surface area contributed by atoms with Crippen LogP contribution < -0.4 is 10.5 Å². The van der Waals surface area contributed by atoms with Crippen LogP contribution in [0.15, 0.2) is 29.2 Å². The number of nitrogens with zero attached hydrogens (tertiary/aromatic N) is 1. The molecule has 0 aliphatic carbocycles. The molecule has 1 aromatic carbocycles. The van der Waals surface area contributed by atoms with Gasteiger partial charge in [0, 0.05) is 24.0 Å². The van der Waals surface area contributed by atoms with Gasteiger partial charge in [-0.1, -0.05) is 13.0 Å². The van der Waals surface area contributed by atoms with Gasteiger partial charge in [-0.25, -0.2) is 0 Å². The van der Waals surface area contributed by atoms with Crippen molar-refractivity contribution < 1.29 is 9.53 Å². The highest BCUT2D eigenvalue weighted by Crippen LogP contribution is 2.26. The van der Waals surface area contributed by atoms with Crippen molar-refractivity contribution >= 4 is 30.1 Å². The lowest BCUT2D eigenvalue weighted by Gasteiger charge is -2.38. The fourth-order valence-corrected chi connectivity index (χ4v) is 3.55. The average Bonchev–Trinajstić information content (AvgIpc) is 2.52. The summed E-state index contributed by atoms with van der Waals surface area (Å²) in [6, 6.07) is 8.00. The number of hydrogen-bond acceptors (Lipinski definition) is 4. The first-order chi connectivity index (χ1) is 10.1. The Morgan fingerprint density at radius 2 is 2.27 bits per heavy atom. The number of thioether (sulfide) groups is 1. The zero-order valence-corrected chi connectivity index (χ0v) is 14.8. The molecule has 2 atom stereocenters. The van der Waals surface area contributed by atoms with Crippen LogP contribution in [0.4, 0.5) is 0 Å². The molecule has 1 aliphatic rings. The highest BCUT2D eigenvalue weighted by atomic mass is 35.5. The third kappa shape index (κ3) is 5.07. The fourth-order valence-electron chi connectivity index (χ4n) is 2.72. The second-order valence-electron chi connectivity index (χ2n) is 5.57. The van der Waals surface area contributed by atoms with E-state index in [0.29, 0.717) is 18.2 Å². The van der Waals surface area contributed by atoms with Crippen molar-refractivity contribution in [2.75, 3.05) is 26.0 Å². The lowest BCUT2D eigenvalue weighted by Crippen LogP contribution is -2.49. The number of methoxy groups -OCH3 is 1. The maximum Gasteiger partial charge on any atom is 0.233 e. The summed E-state index contributed by atoms with van der Waals surface area (Å²) in [7, 11) is 1.65. The van der Waals surface area contributed by atoms with E-state index < -0.39 is 0 Å². The van der Waals surface area contributed by atoms with Crippen molar-refractivity contribution in [3.8, 4) is 5.75 Å². The minimum absolute atomic E-state index is 0. The molecule has 6 heteroatoms. The Balaban J connectivity index is 0.00000242.